The molecule has 0 saturated carbocycles. The first kappa shape index (κ1) is 9.97. The van der Waals surface area contributed by atoms with E-state index in [2.05, 4.69) is 55.5 Å². The largest absolute Gasteiger partial charge is 0.0877 e. The molecule has 1 aromatic carbocycles. The highest BCUT2D eigenvalue weighted by molar-refractivity contribution is 5.77. The molecule has 0 unspecified atom stereocenters. The third-order valence-corrected chi connectivity index (χ3v) is 2.88. The van der Waals surface area contributed by atoms with Crippen LogP contribution in [0.3, 0.4) is 0 Å². The van der Waals surface area contributed by atoms with Crippen LogP contribution in [0.4, 0.5) is 0 Å². The lowest BCUT2D eigenvalue weighted by Crippen LogP contribution is -1.80. The second kappa shape index (κ2) is 4.31. The Morgan fingerprint density at radius 1 is 1.13 bits per heavy atom. The zero-order chi connectivity index (χ0) is 10.7. The molecule has 0 radical (unpaired) electrons. The summed E-state index contributed by atoms with van der Waals surface area (Å²) in [6.07, 6.45) is 9.54. The van der Waals surface area contributed by atoms with Crippen molar-refractivity contribution in [1.29, 1.82) is 0 Å². The van der Waals surface area contributed by atoms with Crippen molar-refractivity contribution in [3.63, 3.8) is 0 Å². The van der Waals surface area contributed by atoms with Gasteiger partial charge < -0.3 is 0 Å². The summed E-state index contributed by atoms with van der Waals surface area (Å²) in [5.74, 6) is 0. The highest BCUT2D eigenvalue weighted by atomic mass is 14.2. The third-order valence-electron chi connectivity index (χ3n) is 2.88. The molecular formula is C15H16. The number of rotatable bonds is 2. The Labute approximate surface area is 91.6 Å². The number of fused-ring (bicyclic) bond motifs is 1. The number of hydrogen-bond donors (Lipinski definition) is 0. The molecule has 1 aliphatic carbocycles. The molecular weight excluding hydrogens is 180 g/mol. The zero-order valence-electron chi connectivity index (χ0n) is 9.33. The van der Waals surface area contributed by atoms with E-state index in [1.54, 1.807) is 0 Å². The van der Waals surface area contributed by atoms with Gasteiger partial charge in [0.1, 0.15) is 0 Å². The quantitative estimate of drug-likeness (QED) is 0.623. The van der Waals surface area contributed by atoms with E-state index in [-0.39, 0.29) is 0 Å². The SMILES string of the molecule is CC=CC=CC1=C(C)c2ccccc2C1. The van der Waals surface area contributed by atoms with Crippen LogP contribution in [0.15, 0.2) is 54.1 Å². The summed E-state index contributed by atoms with van der Waals surface area (Å²) >= 11 is 0. The first-order chi connectivity index (χ1) is 7.33. The van der Waals surface area contributed by atoms with E-state index < -0.39 is 0 Å². The topological polar surface area (TPSA) is 0 Å². The van der Waals surface area contributed by atoms with E-state index in [0.717, 1.165) is 6.42 Å². The first-order valence-corrected chi connectivity index (χ1v) is 5.40. The fourth-order valence-corrected chi connectivity index (χ4v) is 2.02. The Morgan fingerprint density at radius 3 is 2.67 bits per heavy atom. The van der Waals surface area contributed by atoms with Crippen molar-refractivity contribution in [2.75, 3.05) is 0 Å². The van der Waals surface area contributed by atoms with Crippen molar-refractivity contribution >= 4 is 5.57 Å². The molecule has 0 heterocycles. The van der Waals surface area contributed by atoms with Crippen LogP contribution in [0.25, 0.3) is 5.57 Å². The standard InChI is InChI=1S/C15H16/c1-3-4-5-8-13-11-14-9-6-7-10-15(14)12(13)2/h3-10H,11H2,1-2H3. The van der Waals surface area contributed by atoms with Crippen LogP contribution in [0.5, 0.6) is 0 Å². The van der Waals surface area contributed by atoms with Gasteiger partial charge in [0.15, 0.2) is 0 Å². The van der Waals surface area contributed by atoms with Gasteiger partial charge in [0.25, 0.3) is 0 Å². The van der Waals surface area contributed by atoms with E-state index in [9.17, 15) is 0 Å². The molecule has 1 aliphatic rings. The number of benzene rings is 1. The van der Waals surface area contributed by atoms with E-state index in [0.29, 0.717) is 0 Å². The zero-order valence-corrected chi connectivity index (χ0v) is 9.33. The fourth-order valence-electron chi connectivity index (χ4n) is 2.02. The molecule has 0 amide bonds. The second-order valence-corrected chi connectivity index (χ2v) is 3.87. The summed E-state index contributed by atoms with van der Waals surface area (Å²) in [5, 5.41) is 0. The highest BCUT2D eigenvalue weighted by Crippen LogP contribution is 2.32. The molecule has 0 spiro atoms. The maximum atomic E-state index is 2.22. The van der Waals surface area contributed by atoms with E-state index in [1.807, 2.05) is 6.92 Å². The van der Waals surface area contributed by atoms with Crippen molar-refractivity contribution in [3.05, 3.63) is 65.3 Å². The van der Waals surface area contributed by atoms with Gasteiger partial charge in [-0.15, -0.1) is 0 Å². The second-order valence-electron chi connectivity index (χ2n) is 3.87. The van der Waals surface area contributed by atoms with Crippen LogP contribution in [0, 0.1) is 0 Å². The summed E-state index contributed by atoms with van der Waals surface area (Å²) in [6.45, 7) is 4.25. The predicted octanol–water partition coefficient (Wildman–Crippen LogP) is 4.15. The Bertz CT molecular complexity index is 445. The molecule has 2 rings (SSSR count). The average Bonchev–Trinajstić information content (AvgIpc) is 2.57. The van der Waals surface area contributed by atoms with E-state index >= 15 is 0 Å². The number of hydrogen-bond acceptors (Lipinski definition) is 0. The molecule has 0 nitrogen and oxygen atoms in total. The van der Waals surface area contributed by atoms with Crippen LogP contribution >= 0.6 is 0 Å². The van der Waals surface area contributed by atoms with Crippen LogP contribution in [-0.2, 0) is 6.42 Å². The van der Waals surface area contributed by atoms with Gasteiger partial charge in [-0.25, -0.2) is 0 Å². The van der Waals surface area contributed by atoms with Crippen LogP contribution in [0.2, 0.25) is 0 Å². The van der Waals surface area contributed by atoms with Crippen molar-refractivity contribution < 1.29 is 0 Å². The molecule has 0 saturated heterocycles. The van der Waals surface area contributed by atoms with Gasteiger partial charge in [0.2, 0.25) is 0 Å². The molecule has 0 heteroatoms. The van der Waals surface area contributed by atoms with Gasteiger partial charge in [-0.3, -0.25) is 0 Å². The minimum Gasteiger partial charge on any atom is -0.0877 e. The van der Waals surface area contributed by atoms with Crippen LogP contribution in [-0.4, -0.2) is 0 Å². The Balaban J connectivity index is 2.29. The lowest BCUT2D eigenvalue weighted by molar-refractivity contribution is 1.25. The molecule has 76 valence electrons. The molecule has 0 aromatic heterocycles. The molecule has 0 atom stereocenters. The highest BCUT2D eigenvalue weighted by Gasteiger charge is 2.14. The summed E-state index contributed by atoms with van der Waals surface area (Å²) in [6, 6.07) is 8.65. The normalized spacial score (nSPS) is 15.6. The monoisotopic (exact) mass is 196 g/mol. The van der Waals surface area contributed by atoms with Crippen LogP contribution in [0.1, 0.15) is 25.0 Å². The predicted molar refractivity (Wildman–Crippen MR) is 66.7 cm³/mol. The average molecular weight is 196 g/mol. The van der Waals surface area contributed by atoms with Crippen molar-refractivity contribution in [1.82, 2.24) is 0 Å². The Morgan fingerprint density at radius 2 is 1.93 bits per heavy atom. The summed E-state index contributed by atoms with van der Waals surface area (Å²) in [4.78, 5) is 0. The molecule has 0 bridgehead atoms. The lowest BCUT2D eigenvalue weighted by atomic mass is 10.1. The third kappa shape index (κ3) is 1.94. The van der Waals surface area contributed by atoms with E-state index in [4.69, 9.17) is 0 Å². The minimum absolute atomic E-state index is 1.08. The molecule has 15 heavy (non-hydrogen) atoms. The fraction of sp³-hybridized carbons (Fsp3) is 0.200. The molecule has 0 N–H and O–H groups in total. The summed E-state index contributed by atoms with van der Waals surface area (Å²) in [7, 11) is 0. The van der Waals surface area contributed by atoms with Gasteiger partial charge in [0, 0.05) is 0 Å². The van der Waals surface area contributed by atoms with Gasteiger partial charge in [-0.2, -0.15) is 0 Å². The maximum Gasteiger partial charge on any atom is -0.00169 e. The summed E-state index contributed by atoms with van der Waals surface area (Å²) < 4.78 is 0. The van der Waals surface area contributed by atoms with Gasteiger partial charge in [-0.05, 0) is 42.5 Å². The minimum atomic E-state index is 1.08. The van der Waals surface area contributed by atoms with Gasteiger partial charge >= 0.3 is 0 Å². The van der Waals surface area contributed by atoms with Crippen molar-refractivity contribution in [2.45, 2.75) is 20.3 Å². The van der Waals surface area contributed by atoms with Crippen molar-refractivity contribution in [3.8, 4) is 0 Å². The lowest BCUT2D eigenvalue weighted by Gasteiger charge is -1.97. The molecule has 0 aliphatic heterocycles. The summed E-state index contributed by atoms with van der Waals surface area (Å²) in [5.41, 5.74) is 5.73. The Kier molecular flexibility index (Phi) is 2.86. The Hall–Kier alpha value is -1.56. The number of allylic oxidation sites excluding steroid dienone is 6. The molecule has 0 fully saturated rings. The van der Waals surface area contributed by atoms with Crippen LogP contribution < -0.4 is 0 Å². The van der Waals surface area contributed by atoms with Crippen molar-refractivity contribution in [2.24, 2.45) is 0 Å². The maximum absolute atomic E-state index is 2.22. The van der Waals surface area contributed by atoms with E-state index in [1.165, 1.54) is 22.3 Å². The first-order valence-electron chi connectivity index (χ1n) is 5.40. The van der Waals surface area contributed by atoms with Gasteiger partial charge in [-0.1, -0.05) is 48.6 Å². The van der Waals surface area contributed by atoms with Gasteiger partial charge in [0.05, 0.1) is 0 Å². The smallest absolute Gasteiger partial charge is 0.00169 e. The molecule has 1 aromatic rings.